The minimum Gasteiger partial charge on any atom is -0.478 e. The third-order valence-electron chi connectivity index (χ3n) is 2.98. The molecule has 0 amide bonds. The largest absolute Gasteiger partial charge is 0.478 e. The molecule has 3 rings (SSSR count). The van der Waals surface area contributed by atoms with Crippen LogP contribution in [0.15, 0.2) is 71.3 Å². The second-order valence-corrected chi connectivity index (χ2v) is 4.44. The number of carbonyl (C=O) groups is 1. The van der Waals surface area contributed by atoms with Crippen LogP contribution < -0.4 is 4.74 Å². The summed E-state index contributed by atoms with van der Waals surface area (Å²) >= 11 is 0. The molecule has 3 aromatic rings. The van der Waals surface area contributed by atoms with E-state index in [1.807, 2.05) is 36.4 Å². The molecule has 0 aliphatic heterocycles. The highest BCUT2D eigenvalue weighted by Crippen LogP contribution is 2.26. The van der Waals surface area contributed by atoms with E-state index < -0.39 is 5.97 Å². The van der Waals surface area contributed by atoms with E-state index in [2.05, 4.69) is 0 Å². The zero-order valence-electron chi connectivity index (χ0n) is 11.0. The minimum atomic E-state index is -0.978. The Kier molecular flexibility index (Phi) is 3.43. The lowest BCUT2D eigenvalue weighted by Gasteiger charge is -2.07. The van der Waals surface area contributed by atoms with Crippen LogP contribution in [0.1, 0.15) is 10.4 Å². The highest BCUT2D eigenvalue weighted by atomic mass is 16.5. The molecule has 0 atom stereocenters. The summed E-state index contributed by atoms with van der Waals surface area (Å²) in [4.78, 5) is 10.9. The molecule has 1 N–H and O–H groups in total. The van der Waals surface area contributed by atoms with Crippen molar-refractivity contribution in [1.82, 2.24) is 0 Å². The maximum Gasteiger partial charge on any atom is 0.335 e. The second-order valence-electron chi connectivity index (χ2n) is 4.44. The second kappa shape index (κ2) is 5.54. The number of hydrogen-bond donors (Lipinski definition) is 1. The fraction of sp³-hybridized carbons (Fsp3) is 0. The lowest BCUT2D eigenvalue weighted by Crippen LogP contribution is -1.96. The Labute approximate surface area is 121 Å². The van der Waals surface area contributed by atoms with Crippen LogP contribution in [0, 0.1) is 0 Å². The van der Waals surface area contributed by atoms with E-state index in [4.69, 9.17) is 14.3 Å². The first-order valence-electron chi connectivity index (χ1n) is 6.37. The standard InChI is InChI=1S/C17H12O4/c18-17(19)13-3-1-4-15(11-13)21-14-8-6-12(7-9-14)16-5-2-10-20-16/h1-11H,(H,18,19). The van der Waals surface area contributed by atoms with Crippen molar-refractivity contribution >= 4 is 5.97 Å². The fourth-order valence-electron chi connectivity index (χ4n) is 1.96. The van der Waals surface area contributed by atoms with Gasteiger partial charge in [0.15, 0.2) is 0 Å². The summed E-state index contributed by atoms with van der Waals surface area (Å²) in [6.45, 7) is 0. The molecule has 1 heterocycles. The summed E-state index contributed by atoms with van der Waals surface area (Å²) < 4.78 is 11.0. The van der Waals surface area contributed by atoms with E-state index in [0.717, 1.165) is 11.3 Å². The van der Waals surface area contributed by atoms with Gasteiger partial charge in [-0.1, -0.05) is 6.07 Å². The van der Waals surface area contributed by atoms with Crippen molar-refractivity contribution in [3.8, 4) is 22.8 Å². The van der Waals surface area contributed by atoms with E-state index in [1.54, 1.807) is 18.4 Å². The molecule has 21 heavy (non-hydrogen) atoms. The van der Waals surface area contributed by atoms with E-state index in [0.29, 0.717) is 11.5 Å². The molecule has 0 aliphatic carbocycles. The van der Waals surface area contributed by atoms with Crippen molar-refractivity contribution in [1.29, 1.82) is 0 Å². The molecule has 104 valence electrons. The van der Waals surface area contributed by atoms with E-state index >= 15 is 0 Å². The molecular weight excluding hydrogens is 268 g/mol. The van der Waals surface area contributed by atoms with E-state index in [-0.39, 0.29) is 5.56 Å². The predicted molar refractivity (Wildman–Crippen MR) is 77.6 cm³/mol. The van der Waals surface area contributed by atoms with Gasteiger partial charge >= 0.3 is 5.97 Å². The van der Waals surface area contributed by atoms with Crippen LogP contribution in [-0.4, -0.2) is 11.1 Å². The molecule has 0 spiro atoms. The highest BCUT2D eigenvalue weighted by Gasteiger charge is 2.05. The van der Waals surface area contributed by atoms with Gasteiger partial charge in [-0.2, -0.15) is 0 Å². The Hall–Kier alpha value is -3.01. The molecule has 2 aromatic carbocycles. The monoisotopic (exact) mass is 280 g/mol. The molecule has 1 aromatic heterocycles. The molecule has 0 aliphatic rings. The number of carboxylic acids is 1. The number of aromatic carboxylic acids is 1. The quantitative estimate of drug-likeness (QED) is 0.767. The molecule has 0 radical (unpaired) electrons. The Bertz CT molecular complexity index is 743. The average Bonchev–Trinajstić information content (AvgIpc) is 3.02. The minimum absolute atomic E-state index is 0.194. The third-order valence-corrected chi connectivity index (χ3v) is 2.98. The third kappa shape index (κ3) is 2.95. The number of furan rings is 1. The van der Waals surface area contributed by atoms with Crippen molar-refractivity contribution in [2.24, 2.45) is 0 Å². The summed E-state index contributed by atoms with van der Waals surface area (Å²) in [5.74, 6) is 0.927. The van der Waals surface area contributed by atoms with Crippen LogP contribution in [0.25, 0.3) is 11.3 Å². The molecule has 0 unspecified atom stereocenters. The van der Waals surface area contributed by atoms with Gasteiger partial charge in [0.25, 0.3) is 0 Å². The fourth-order valence-corrected chi connectivity index (χ4v) is 1.96. The van der Waals surface area contributed by atoms with Crippen LogP contribution in [0.3, 0.4) is 0 Å². The molecule has 0 bridgehead atoms. The first-order chi connectivity index (χ1) is 10.2. The molecule has 4 heteroatoms. The Balaban J connectivity index is 1.79. The van der Waals surface area contributed by atoms with Crippen molar-refractivity contribution in [3.05, 3.63) is 72.5 Å². The summed E-state index contributed by atoms with van der Waals surface area (Å²) in [6, 6.07) is 17.5. The zero-order valence-corrected chi connectivity index (χ0v) is 11.0. The molecule has 0 saturated heterocycles. The number of ether oxygens (including phenoxy) is 1. The summed E-state index contributed by atoms with van der Waals surface area (Å²) in [6.07, 6.45) is 1.62. The van der Waals surface area contributed by atoms with Crippen molar-refractivity contribution in [2.75, 3.05) is 0 Å². The lowest BCUT2D eigenvalue weighted by atomic mass is 10.1. The van der Waals surface area contributed by atoms with Crippen LogP contribution >= 0.6 is 0 Å². The normalized spacial score (nSPS) is 10.3. The van der Waals surface area contributed by atoms with Gasteiger partial charge in [-0.05, 0) is 54.6 Å². The first-order valence-corrected chi connectivity index (χ1v) is 6.37. The topological polar surface area (TPSA) is 59.7 Å². The highest BCUT2D eigenvalue weighted by molar-refractivity contribution is 5.88. The first kappa shape index (κ1) is 13.0. The predicted octanol–water partition coefficient (Wildman–Crippen LogP) is 4.44. The number of rotatable bonds is 4. The van der Waals surface area contributed by atoms with Crippen LogP contribution in [0.5, 0.6) is 11.5 Å². The van der Waals surface area contributed by atoms with Crippen molar-refractivity contribution in [2.45, 2.75) is 0 Å². The van der Waals surface area contributed by atoms with Crippen LogP contribution in [0.2, 0.25) is 0 Å². The average molecular weight is 280 g/mol. The van der Waals surface area contributed by atoms with Gasteiger partial charge in [0.1, 0.15) is 17.3 Å². The molecular formula is C17H12O4. The molecule has 0 fully saturated rings. The van der Waals surface area contributed by atoms with Gasteiger partial charge in [0.2, 0.25) is 0 Å². The maximum atomic E-state index is 10.9. The van der Waals surface area contributed by atoms with Gasteiger partial charge in [-0.25, -0.2) is 4.79 Å². The summed E-state index contributed by atoms with van der Waals surface area (Å²) in [5, 5.41) is 8.95. The summed E-state index contributed by atoms with van der Waals surface area (Å²) in [7, 11) is 0. The van der Waals surface area contributed by atoms with Crippen molar-refractivity contribution in [3.63, 3.8) is 0 Å². The van der Waals surface area contributed by atoms with Gasteiger partial charge in [-0.3, -0.25) is 0 Å². The van der Waals surface area contributed by atoms with Gasteiger partial charge < -0.3 is 14.3 Å². The van der Waals surface area contributed by atoms with Gasteiger partial charge in [0.05, 0.1) is 11.8 Å². The van der Waals surface area contributed by atoms with Gasteiger partial charge in [0, 0.05) is 5.56 Å². The summed E-state index contributed by atoms with van der Waals surface area (Å²) in [5.41, 5.74) is 1.14. The Morgan fingerprint density at radius 1 is 0.952 bits per heavy atom. The number of carboxylic acid groups (broad SMARTS) is 1. The Morgan fingerprint density at radius 2 is 1.76 bits per heavy atom. The smallest absolute Gasteiger partial charge is 0.335 e. The van der Waals surface area contributed by atoms with Gasteiger partial charge in [-0.15, -0.1) is 0 Å². The van der Waals surface area contributed by atoms with E-state index in [9.17, 15) is 4.79 Å². The maximum absolute atomic E-state index is 10.9. The SMILES string of the molecule is O=C(O)c1cccc(Oc2ccc(-c3ccco3)cc2)c1. The van der Waals surface area contributed by atoms with Crippen LogP contribution in [0.4, 0.5) is 0 Å². The number of hydrogen-bond acceptors (Lipinski definition) is 3. The van der Waals surface area contributed by atoms with E-state index in [1.165, 1.54) is 12.1 Å². The Morgan fingerprint density at radius 3 is 2.43 bits per heavy atom. The lowest BCUT2D eigenvalue weighted by molar-refractivity contribution is 0.0696. The molecule has 4 nitrogen and oxygen atoms in total. The van der Waals surface area contributed by atoms with Crippen LogP contribution in [-0.2, 0) is 0 Å². The molecule has 0 saturated carbocycles. The van der Waals surface area contributed by atoms with Crippen molar-refractivity contribution < 1.29 is 19.1 Å². The number of benzene rings is 2. The zero-order chi connectivity index (χ0) is 14.7.